The van der Waals surface area contributed by atoms with Crippen LogP contribution in [0.3, 0.4) is 0 Å². The molecule has 0 N–H and O–H groups in total. The highest BCUT2D eigenvalue weighted by Crippen LogP contribution is 2.34. The van der Waals surface area contributed by atoms with Crippen LogP contribution in [0.25, 0.3) is 5.65 Å². The molecule has 1 aliphatic heterocycles. The van der Waals surface area contributed by atoms with Crippen molar-refractivity contribution in [3.8, 4) is 5.97 Å². The zero-order valence-corrected chi connectivity index (χ0v) is 12.5. The van der Waals surface area contributed by atoms with E-state index in [1.165, 1.54) is 0 Å². The highest BCUT2D eigenvalue weighted by Gasteiger charge is 2.27. The van der Waals surface area contributed by atoms with Gasteiger partial charge in [0.1, 0.15) is 5.15 Å². The lowest BCUT2D eigenvalue weighted by Crippen LogP contribution is -2.21. The Labute approximate surface area is 125 Å². The highest BCUT2D eigenvalue weighted by atomic mass is 79.9. The minimum absolute atomic E-state index is 0.143. The Morgan fingerprint density at radius 2 is 2.42 bits per heavy atom. The Hall–Kier alpha value is -1.06. The molecule has 1 fully saturated rings. The maximum Gasteiger partial charge on any atom is 0.268 e. The molecule has 1 atom stereocenters. The van der Waals surface area contributed by atoms with E-state index in [1.807, 2.05) is 6.07 Å². The minimum atomic E-state index is 0.143. The molecule has 0 radical (unpaired) electrons. The molecule has 19 heavy (non-hydrogen) atoms. The number of hydrogen-bond donors (Lipinski definition) is 0. The van der Waals surface area contributed by atoms with E-state index in [9.17, 15) is 0 Å². The van der Waals surface area contributed by atoms with E-state index in [2.05, 4.69) is 32.0 Å². The molecule has 4 nitrogen and oxygen atoms in total. The molecule has 1 aliphatic rings. The highest BCUT2D eigenvalue weighted by molar-refractivity contribution is 9.10. The molecule has 7 heteroatoms. The van der Waals surface area contributed by atoms with Gasteiger partial charge in [0.2, 0.25) is 0 Å². The van der Waals surface area contributed by atoms with Gasteiger partial charge in [-0.05, 0) is 34.3 Å². The number of fused-ring (bicyclic) bond motifs is 1. The second kappa shape index (κ2) is 5.14. The fourth-order valence-corrected chi connectivity index (χ4v) is 3.29. The van der Waals surface area contributed by atoms with Gasteiger partial charge in [0.05, 0.1) is 10.7 Å². The number of halogens is 2. The van der Waals surface area contributed by atoms with Crippen LogP contribution in [0.1, 0.15) is 24.5 Å². The Morgan fingerprint density at radius 1 is 1.58 bits per heavy atom. The molecule has 3 heterocycles. The lowest BCUT2D eigenvalue weighted by molar-refractivity contribution is 0.614. The lowest BCUT2D eigenvalue weighted by atomic mass is 9.41. The van der Waals surface area contributed by atoms with E-state index in [0.717, 1.165) is 41.3 Å². The van der Waals surface area contributed by atoms with Crippen LogP contribution >= 0.6 is 27.5 Å². The monoisotopic (exact) mass is 336 g/mol. The molecular weight excluding hydrogens is 326 g/mol. The topological polar surface area (TPSA) is 54.0 Å². The summed E-state index contributed by atoms with van der Waals surface area (Å²) in [5.74, 6) is 2.70. The maximum absolute atomic E-state index is 9.08. The van der Waals surface area contributed by atoms with Gasteiger partial charge in [-0.25, -0.2) is 14.8 Å². The average Bonchev–Trinajstić information content (AvgIpc) is 2.81. The van der Waals surface area contributed by atoms with E-state index in [1.54, 1.807) is 10.7 Å². The van der Waals surface area contributed by atoms with Gasteiger partial charge in [-0.15, -0.1) is 0 Å². The van der Waals surface area contributed by atoms with Gasteiger partial charge in [-0.3, -0.25) is 0 Å². The van der Waals surface area contributed by atoms with Crippen LogP contribution in [0, 0.1) is 11.2 Å². The molecule has 0 amide bonds. The molecule has 1 unspecified atom stereocenters. The number of rotatable bonds is 1. The summed E-state index contributed by atoms with van der Waals surface area (Å²) in [5, 5.41) is 13.8. The molecule has 0 saturated carbocycles. The second-order valence-electron chi connectivity index (χ2n) is 4.92. The van der Waals surface area contributed by atoms with Crippen LogP contribution in [0.2, 0.25) is 17.8 Å². The number of hydrogen-bond acceptors (Lipinski definition) is 3. The molecule has 0 aliphatic carbocycles. The summed E-state index contributed by atoms with van der Waals surface area (Å²) in [5.41, 5.74) is 1.71. The van der Waals surface area contributed by atoms with E-state index >= 15 is 0 Å². The molecule has 1 saturated heterocycles. The summed E-state index contributed by atoms with van der Waals surface area (Å²) in [6, 6.07) is 1.87. The zero-order chi connectivity index (χ0) is 13.4. The fraction of sp³-hybridized carbons (Fsp3) is 0.417. The van der Waals surface area contributed by atoms with Gasteiger partial charge in [-0.1, -0.05) is 30.7 Å². The first-order chi connectivity index (χ1) is 9.19. The van der Waals surface area contributed by atoms with Crippen LogP contribution < -0.4 is 0 Å². The van der Waals surface area contributed by atoms with Crippen LogP contribution in [0.15, 0.2) is 16.7 Å². The van der Waals surface area contributed by atoms with Crippen molar-refractivity contribution in [3.63, 3.8) is 0 Å². The molecule has 2 aromatic heterocycles. The van der Waals surface area contributed by atoms with Crippen molar-refractivity contribution in [2.45, 2.75) is 31.4 Å². The standard InChI is InChI=1S/C12H11BBrClN4/c14-9-6-17-19-11(15)4-10(18-12(9)19)8-2-1-3-13(5-8)7-16/h4,6,8H,1-3,5H2. The van der Waals surface area contributed by atoms with Crippen molar-refractivity contribution in [2.75, 3.05) is 0 Å². The minimum Gasteiger partial charge on any atom is -0.232 e. The zero-order valence-electron chi connectivity index (χ0n) is 10.2. The van der Waals surface area contributed by atoms with E-state index in [-0.39, 0.29) is 6.71 Å². The average molecular weight is 337 g/mol. The van der Waals surface area contributed by atoms with Gasteiger partial charge >= 0.3 is 0 Å². The van der Waals surface area contributed by atoms with Crippen molar-refractivity contribution in [1.29, 1.82) is 5.26 Å². The fourth-order valence-electron chi connectivity index (χ4n) is 2.70. The van der Waals surface area contributed by atoms with Crippen molar-refractivity contribution >= 4 is 39.9 Å². The van der Waals surface area contributed by atoms with Crippen molar-refractivity contribution in [2.24, 2.45) is 0 Å². The van der Waals surface area contributed by atoms with Crippen LogP contribution in [-0.4, -0.2) is 21.3 Å². The van der Waals surface area contributed by atoms with Gasteiger partial charge in [-0.2, -0.15) is 5.10 Å². The number of aromatic nitrogens is 3. The normalized spacial score (nSPS) is 19.6. The van der Waals surface area contributed by atoms with Gasteiger partial charge in [0.15, 0.2) is 5.65 Å². The van der Waals surface area contributed by atoms with Crippen molar-refractivity contribution in [3.05, 3.63) is 27.6 Å². The maximum atomic E-state index is 9.08. The Balaban J connectivity index is 2.01. The van der Waals surface area contributed by atoms with E-state index in [0.29, 0.717) is 11.1 Å². The van der Waals surface area contributed by atoms with Crippen molar-refractivity contribution < 1.29 is 0 Å². The summed E-state index contributed by atoms with van der Waals surface area (Å²) >= 11 is 9.67. The quantitative estimate of drug-likeness (QED) is 0.590. The molecular formula is C12H11BBrClN4. The van der Waals surface area contributed by atoms with Gasteiger partial charge < -0.3 is 0 Å². The SMILES string of the molecule is N#CB1CCCC(c2cc(Cl)n3ncc(Br)c3n2)C1. The molecule has 2 aromatic rings. The number of nitrogens with zero attached hydrogens (tertiary/aromatic N) is 4. The van der Waals surface area contributed by atoms with E-state index < -0.39 is 0 Å². The Kier molecular flexibility index (Phi) is 3.51. The Bertz CT molecular complexity index is 666. The third kappa shape index (κ3) is 2.37. The predicted molar refractivity (Wildman–Crippen MR) is 78.7 cm³/mol. The van der Waals surface area contributed by atoms with Crippen LogP contribution in [-0.2, 0) is 0 Å². The third-order valence-corrected chi connectivity index (χ3v) is 4.51. The molecule has 0 aromatic carbocycles. The molecule has 0 spiro atoms. The smallest absolute Gasteiger partial charge is 0.232 e. The summed E-state index contributed by atoms with van der Waals surface area (Å²) < 4.78 is 2.45. The lowest BCUT2D eigenvalue weighted by Gasteiger charge is -2.23. The first kappa shape index (κ1) is 13.0. The van der Waals surface area contributed by atoms with Crippen LogP contribution in [0.4, 0.5) is 0 Å². The van der Waals surface area contributed by atoms with E-state index in [4.69, 9.17) is 16.9 Å². The summed E-state index contributed by atoms with van der Waals surface area (Å²) in [6.45, 7) is 0.143. The summed E-state index contributed by atoms with van der Waals surface area (Å²) in [7, 11) is 0. The largest absolute Gasteiger partial charge is 0.268 e. The molecule has 96 valence electrons. The van der Waals surface area contributed by atoms with Crippen LogP contribution in [0.5, 0.6) is 0 Å². The number of nitriles is 1. The van der Waals surface area contributed by atoms with Crippen molar-refractivity contribution in [1.82, 2.24) is 14.6 Å². The summed E-state index contributed by atoms with van der Waals surface area (Å²) in [4.78, 5) is 4.65. The first-order valence-electron chi connectivity index (χ1n) is 6.28. The molecule has 0 bridgehead atoms. The molecule has 3 rings (SSSR count). The summed E-state index contributed by atoms with van der Waals surface area (Å²) in [6.07, 6.45) is 5.72. The third-order valence-electron chi connectivity index (χ3n) is 3.68. The Morgan fingerprint density at radius 3 is 3.21 bits per heavy atom. The second-order valence-corrected chi connectivity index (χ2v) is 6.16. The van der Waals surface area contributed by atoms with Gasteiger partial charge in [0.25, 0.3) is 6.71 Å². The van der Waals surface area contributed by atoms with Gasteiger partial charge in [0, 0.05) is 11.7 Å². The first-order valence-corrected chi connectivity index (χ1v) is 7.45. The predicted octanol–water partition coefficient (Wildman–Crippen LogP) is 3.58.